The van der Waals surface area contributed by atoms with Crippen molar-refractivity contribution in [2.45, 2.75) is 12.2 Å². The Balaban J connectivity index is 1.85. The van der Waals surface area contributed by atoms with Gasteiger partial charge in [-0.1, -0.05) is 6.07 Å². The number of carbonyl (C=O) groups is 1. The lowest BCUT2D eigenvalue weighted by Gasteiger charge is -2.13. The molecule has 0 saturated heterocycles. The van der Waals surface area contributed by atoms with Gasteiger partial charge in [-0.2, -0.15) is 5.10 Å². The second-order valence-corrected chi connectivity index (χ2v) is 7.78. The lowest BCUT2D eigenvalue weighted by Crippen LogP contribution is -2.15. The Morgan fingerprint density at radius 1 is 1.28 bits per heavy atom. The Morgan fingerprint density at radius 2 is 2.08 bits per heavy atom. The number of amides is 1. The van der Waals surface area contributed by atoms with E-state index in [0.29, 0.717) is 5.75 Å². The molecule has 5 nitrogen and oxygen atoms in total. The average molecular weight is 371 g/mol. The molecule has 1 amide bonds. The van der Waals surface area contributed by atoms with Gasteiger partial charge >= 0.3 is 0 Å². The van der Waals surface area contributed by atoms with E-state index in [1.165, 1.54) is 4.88 Å². The van der Waals surface area contributed by atoms with Crippen LogP contribution in [0.15, 0.2) is 41.8 Å². The van der Waals surface area contributed by atoms with Gasteiger partial charge in [-0.25, -0.2) is 4.68 Å². The molecule has 1 aliphatic heterocycles. The maximum absolute atomic E-state index is 12.3. The van der Waals surface area contributed by atoms with Crippen LogP contribution >= 0.6 is 23.1 Å². The predicted molar refractivity (Wildman–Crippen MR) is 102 cm³/mol. The normalized spacial score (nSPS) is 16.9. The van der Waals surface area contributed by atoms with Crippen LogP contribution in [0.5, 0.6) is 5.75 Å². The first-order valence-corrected chi connectivity index (χ1v) is 9.79. The second kappa shape index (κ2) is 6.57. The fourth-order valence-corrected chi connectivity index (χ4v) is 5.12. The number of methoxy groups -OCH3 is 1. The highest BCUT2D eigenvalue weighted by atomic mass is 32.2. The molecule has 2 aromatic heterocycles. The van der Waals surface area contributed by atoms with E-state index in [1.807, 2.05) is 41.9 Å². The third-order valence-corrected chi connectivity index (χ3v) is 6.46. The number of aryl methyl sites for hydroxylation is 1. The third-order valence-electron chi connectivity index (χ3n) is 4.13. The minimum absolute atomic E-state index is 0.0000298. The summed E-state index contributed by atoms with van der Waals surface area (Å²) in [6, 6.07) is 11.8. The van der Waals surface area contributed by atoms with E-state index in [1.54, 1.807) is 30.2 Å². The van der Waals surface area contributed by atoms with Crippen LogP contribution in [0, 0.1) is 6.92 Å². The number of carbonyl (C=O) groups excluding carboxylic acids is 1. The highest BCUT2D eigenvalue weighted by Crippen LogP contribution is 2.45. The number of benzene rings is 1. The Bertz CT molecular complexity index is 901. The summed E-state index contributed by atoms with van der Waals surface area (Å²) < 4.78 is 7.04. The van der Waals surface area contributed by atoms with Gasteiger partial charge in [0.05, 0.1) is 29.5 Å². The molecule has 0 bridgehead atoms. The fraction of sp³-hybridized carbons (Fsp3) is 0.222. The number of rotatable bonds is 3. The molecular formula is C18H17N3O2S2. The number of hydrogen-bond donors (Lipinski definition) is 1. The quantitative estimate of drug-likeness (QED) is 0.755. The molecule has 25 heavy (non-hydrogen) atoms. The Hall–Kier alpha value is -2.25. The first-order chi connectivity index (χ1) is 12.2. The van der Waals surface area contributed by atoms with Crippen molar-refractivity contribution < 1.29 is 9.53 Å². The van der Waals surface area contributed by atoms with E-state index < -0.39 is 0 Å². The van der Waals surface area contributed by atoms with Crippen molar-refractivity contribution in [2.75, 3.05) is 18.2 Å². The number of fused-ring (bicyclic) bond motifs is 1. The molecule has 7 heteroatoms. The molecule has 3 heterocycles. The van der Waals surface area contributed by atoms with Crippen molar-refractivity contribution >= 4 is 34.8 Å². The van der Waals surface area contributed by atoms with Crippen LogP contribution in [-0.2, 0) is 4.79 Å². The van der Waals surface area contributed by atoms with E-state index >= 15 is 0 Å². The summed E-state index contributed by atoms with van der Waals surface area (Å²) in [6.07, 6.45) is 0. The van der Waals surface area contributed by atoms with E-state index in [-0.39, 0.29) is 11.2 Å². The molecule has 0 spiro atoms. The van der Waals surface area contributed by atoms with Gasteiger partial charge in [0.15, 0.2) is 0 Å². The van der Waals surface area contributed by atoms with E-state index in [9.17, 15) is 4.79 Å². The minimum atomic E-state index is -0.0000298. The standard InChI is InChI=1S/C18H17N3O2S2/c1-11-16-17(14-4-3-9-24-14)25-10-15(22)19-18(16)21(20-11)12-5-7-13(23-2)8-6-12/h3-9,17H,10H2,1-2H3,(H,19,22)/t17-/m0/s1. The third kappa shape index (κ3) is 2.94. The van der Waals surface area contributed by atoms with Crippen LogP contribution in [0.4, 0.5) is 5.82 Å². The molecule has 128 valence electrons. The van der Waals surface area contributed by atoms with Gasteiger partial charge in [-0.3, -0.25) is 4.79 Å². The van der Waals surface area contributed by atoms with Crippen LogP contribution in [0.3, 0.4) is 0 Å². The van der Waals surface area contributed by atoms with Crippen LogP contribution in [0.25, 0.3) is 5.69 Å². The number of thiophene rings is 1. The van der Waals surface area contributed by atoms with Crippen molar-refractivity contribution in [3.63, 3.8) is 0 Å². The van der Waals surface area contributed by atoms with Crippen molar-refractivity contribution in [2.24, 2.45) is 0 Å². The first kappa shape index (κ1) is 16.2. The van der Waals surface area contributed by atoms with Crippen LogP contribution in [0.1, 0.15) is 21.4 Å². The molecule has 0 saturated carbocycles. The van der Waals surface area contributed by atoms with Crippen LogP contribution in [-0.4, -0.2) is 28.6 Å². The topological polar surface area (TPSA) is 56.1 Å². The van der Waals surface area contributed by atoms with Gasteiger partial charge in [0.2, 0.25) is 5.91 Å². The van der Waals surface area contributed by atoms with Gasteiger partial charge < -0.3 is 10.1 Å². The molecule has 1 aromatic carbocycles. The summed E-state index contributed by atoms with van der Waals surface area (Å²) in [5.74, 6) is 1.98. The summed E-state index contributed by atoms with van der Waals surface area (Å²) in [5, 5.41) is 9.93. The molecule has 1 atom stereocenters. The lowest BCUT2D eigenvalue weighted by atomic mass is 10.1. The van der Waals surface area contributed by atoms with Crippen molar-refractivity contribution in [1.82, 2.24) is 9.78 Å². The second-order valence-electron chi connectivity index (χ2n) is 5.71. The summed E-state index contributed by atoms with van der Waals surface area (Å²) in [7, 11) is 1.64. The highest BCUT2D eigenvalue weighted by molar-refractivity contribution is 8.00. The maximum Gasteiger partial charge on any atom is 0.235 e. The number of hydrogen-bond acceptors (Lipinski definition) is 5. The number of nitrogens with one attached hydrogen (secondary N) is 1. The molecule has 1 N–H and O–H groups in total. The van der Waals surface area contributed by atoms with Gasteiger partial charge in [0.25, 0.3) is 0 Å². The Morgan fingerprint density at radius 3 is 2.76 bits per heavy atom. The molecule has 0 aliphatic carbocycles. The lowest BCUT2D eigenvalue weighted by molar-refractivity contribution is -0.113. The Labute approximate surface area is 154 Å². The predicted octanol–water partition coefficient (Wildman–Crippen LogP) is 4.03. The van der Waals surface area contributed by atoms with E-state index in [2.05, 4.69) is 16.8 Å². The monoisotopic (exact) mass is 371 g/mol. The van der Waals surface area contributed by atoms with Crippen molar-refractivity contribution in [3.8, 4) is 11.4 Å². The number of thioether (sulfide) groups is 1. The largest absolute Gasteiger partial charge is 0.497 e. The maximum atomic E-state index is 12.3. The molecule has 0 radical (unpaired) electrons. The van der Waals surface area contributed by atoms with Gasteiger partial charge in [0, 0.05) is 10.4 Å². The molecule has 0 unspecified atom stereocenters. The summed E-state index contributed by atoms with van der Waals surface area (Å²) >= 11 is 3.36. The number of nitrogens with zero attached hydrogens (tertiary/aromatic N) is 2. The number of aromatic nitrogens is 2. The zero-order valence-electron chi connectivity index (χ0n) is 13.9. The zero-order valence-corrected chi connectivity index (χ0v) is 15.5. The SMILES string of the molecule is COc1ccc(-n2nc(C)c3c2NC(=O)CS[C@H]3c2cccs2)cc1. The van der Waals surface area contributed by atoms with Crippen LogP contribution in [0.2, 0.25) is 0 Å². The van der Waals surface area contributed by atoms with Crippen molar-refractivity contribution in [1.29, 1.82) is 0 Å². The molecule has 0 fully saturated rings. The molecular weight excluding hydrogens is 354 g/mol. The Kier molecular flexibility index (Phi) is 4.27. The fourth-order valence-electron chi connectivity index (χ4n) is 2.96. The number of anilines is 1. The van der Waals surface area contributed by atoms with Gasteiger partial charge in [-0.15, -0.1) is 23.1 Å². The molecule has 4 rings (SSSR count). The van der Waals surface area contributed by atoms with E-state index in [0.717, 1.165) is 28.5 Å². The summed E-state index contributed by atoms with van der Waals surface area (Å²) in [5.41, 5.74) is 2.90. The molecule has 1 aliphatic rings. The first-order valence-electron chi connectivity index (χ1n) is 7.86. The summed E-state index contributed by atoms with van der Waals surface area (Å²) in [6.45, 7) is 2.00. The smallest absolute Gasteiger partial charge is 0.235 e. The highest BCUT2D eigenvalue weighted by Gasteiger charge is 2.31. The average Bonchev–Trinajstić information content (AvgIpc) is 3.22. The van der Waals surface area contributed by atoms with Crippen LogP contribution < -0.4 is 10.1 Å². The van der Waals surface area contributed by atoms with Gasteiger partial charge in [-0.05, 0) is 42.6 Å². The van der Waals surface area contributed by atoms with Crippen molar-refractivity contribution in [3.05, 3.63) is 57.9 Å². The van der Waals surface area contributed by atoms with Gasteiger partial charge in [0.1, 0.15) is 11.6 Å². The molecule has 3 aromatic rings. The summed E-state index contributed by atoms with van der Waals surface area (Å²) in [4.78, 5) is 13.5. The number of ether oxygens (including phenoxy) is 1. The van der Waals surface area contributed by atoms with E-state index in [4.69, 9.17) is 9.84 Å². The zero-order chi connectivity index (χ0) is 17.4. The minimum Gasteiger partial charge on any atom is -0.497 e.